The number of benzene rings is 1. The molecule has 1 heterocycles. The molecule has 0 atom stereocenters. The highest BCUT2D eigenvalue weighted by atomic mass is 19.4. The van der Waals surface area contributed by atoms with Crippen molar-refractivity contribution >= 4 is 11.6 Å². The molecular weight excluding hydrogens is 247 g/mol. The van der Waals surface area contributed by atoms with Crippen molar-refractivity contribution in [1.82, 2.24) is 0 Å². The van der Waals surface area contributed by atoms with Gasteiger partial charge in [-0.1, -0.05) is 0 Å². The van der Waals surface area contributed by atoms with Gasteiger partial charge in [0.1, 0.15) is 6.26 Å². The fourth-order valence-corrected chi connectivity index (χ4v) is 1.34. The summed E-state index contributed by atoms with van der Waals surface area (Å²) in [4.78, 5) is 11.6. The van der Waals surface area contributed by atoms with Crippen molar-refractivity contribution in [2.45, 2.75) is 6.18 Å². The number of amides is 1. The van der Waals surface area contributed by atoms with Crippen LogP contribution >= 0.6 is 0 Å². The summed E-state index contributed by atoms with van der Waals surface area (Å²) >= 11 is 0. The first-order valence-electron chi connectivity index (χ1n) is 4.97. The highest BCUT2D eigenvalue weighted by molar-refractivity contribution is 6.03. The molecule has 0 fully saturated rings. The first kappa shape index (κ1) is 12.2. The summed E-state index contributed by atoms with van der Waals surface area (Å²) in [6.07, 6.45) is -1.80. The SMILES string of the molecule is O=C(Nc1ccc(C(F)(F)F)cc1)c1ccoc1. The molecule has 1 N–H and O–H groups in total. The molecule has 94 valence electrons. The second-order valence-electron chi connectivity index (χ2n) is 3.54. The fraction of sp³-hybridized carbons (Fsp3) is 0.0833. The minimum absolute atomic E-state index is 0.286. The second-order valence-corrected chi connectivity index (χ2v) is 3.54. The minimum atomic E-state index is -4.38. The molecule has 2 aromatic rings. The number of rotatable bonds is 2. The van der Waals surface area contributed by atoms with Crippen LogP contribution in [0.1, 0.15) is 15.9 Å². The number of carbonyl (C=O) groups is 1. The van der Waals surface area contributed by atoms with Crippen LogP contribution in [0.2, 0.25) is 0 Å². The Morgan fingerprint density at radius 2 is 1.78 bits per heavy atom. The first-order chi connectivity index (χ1) is 8.47. The highest BCUT2D eigenvalue weighted by Crippen LogP contribution is 2.29. The van der Waals surface area contributed by atoms with Gasteiger partial charge in [-0.05, 0) is 30.3 Å². The molecule has 0 aliphatic rings. The van der Waals surface area contributed by atoms with Crippen molar-refractivity contribution in [2.75, 3.05) is 5.32 Å². The standard InChI is InChI=1S/C12H8F3NO2/c13-12(14,15)9-1-3-10(4-2-9)16-11(17)8-5-6-18-7-8/h1-7H,(H,16,17). The Morgan fingerprint density at radius 1 is 1.11 bits per heavy atom. The highest BCUT2D eigenvalue weighted by Gasteiger charge is 2.29. The van der Waals surface area contributed by atoms with E-state index in [-0.39, 0.29) is 5.69 Å². The van der Waals surface area contributed by atoms with Gasteiger partial charge in [-0.3, -0.25) is 4.79 Å². The fourth-order valence-electron chi connectivity index (χ4n) is 1.34. The Kier molecular flexibility index (Phi) is 3.10. The van der Waals surface area contributed by atoms with Crippen LogP contribution in [0, 0.1) is 0 Å². The number of hydrogen-bond donors (Lipinski definition) is 1. The lowest BCUT2D eigenvalue weighted by Crippen LogP contribution is -2.11. The summed E-state index contributed by atoms with van der Waals surface area (Å²) in [5.41, 5.74) is -0.173. The van der Waals surface area contributed by atoms with E-state index >= 15 is 0 Å². The van der Waals surface area contributed by atoms with Gasteiger partial charge in [0, 0.05) is 5.69 Å². The summed E-state index contributed by atoms with van der Waals surface area (Å²) in [5, 5.41) is 2.46. The van der Waals surface area contributed by atoms with Gasteiger partial charge in [0.15, 0.2) is 0 Å². The Balaban J connectivity index is 2.09. The molecule has 0 spiro atoms. The van der Waals surface area contributed by atoms with Gasteiger partial charge < -0.3 is 9.73 Å². The van der Waals surface area contributed by atoms with Crippen molar-refractivity contribution in [2.24, 2.45) is 0 Å². The van der Waals surface area contributed by atoms with Crippen molar-refractivity contribution < 1.29 is 22.4 Å². The largest absolute Gasteiger partial charge is 0.472 e. The lowest BCUT2D eigenvalue weighted by molar-refractivity contribution is -0.137. The van der Waals surface area contributed by atoms with Gasteiger partial charge in [-0.15, -0.1) is 0 Å². The van der Waals surface area contributed by atoms with E-state index in [0.717, 1.165) is 12.1 Å². The molecular formula is C12H8F3NO2. The number of halogens is 3. The van der Waals surface area contributed by atoms with Crippen LogP contribution in [-0.4, -0.2) is 5.91 Å². The zero-order valence-electron chi connectivity index (χ0n) is 8.99. The van der Waals surface area contributed by atoms with Crippen LogP contribution in [0.4, 0.5) is 18.9 Å². The second kappa shape index (κ2) is 4.56. The number of hydrogen-bond acceptors (Lipinski definition) is 2. The third-order valence-electron chi connectivity index (χ3n) is 2.25. The average Bonchev–Trinajstić information content (AvgIpc) is 2.82. The predicted octanol–water partition coefficient (Wildman–Crippen LogP) is 3.55. The first-order valence-corrected chi connectivity index (χ1v) is 4.97. The molecule has 1 amide bonds. The molecule has 3 nitrogen and oxygen atoms in total. The maximum atomic E-state index is 12.3. The Morgan fingerprint density at radius 3 is 2.28 bits per heavy atom. The summed E-state index contributed by atoms with van der Waals surface area (Å²) in [6, 6.07) is 5.66. The molecule has 1 aromatic carbocycles. The van der Waals surface area contributed by atoms with Crippen molar-refractivity contribution in [3.63, 3.8) is 0 Å². The molecule has 0 saturated heterocycles. The molecule has 0 aliphatic heterocycles. The lowest BCUT2D eigenvalue weighted by Gasteiger charge is -2.08. The average molecular weight is 255 g/mol. The summed E-state index contributed by atoms with van der Waals surface area (Å²) in [5.74, 6) is -0.441. The molecule has 0 radical (unpaired) electrons. The Labute approximate surface area is 100 Å². The molecule has 0 aliphatic carbocycles. The summed E-state index contributed by atoms with van der Waals surface area (Å²) in [6.45, 7) is 0. The minimum Gasteiger partial charge on any atom is -0.472 e. The van der Waals surface area contributed by atoms with Crippen molar-refractivity contribution in [1.29, 1.82) is 0 Å². The van der Waals surface area contributed by atoms with E-state index in [1.165, 1.54) is 30.7 Å². The molecule has 0 saturated carbocycles. The van der Waals surface area contributed by atoms with Gasteiger partial charge in [-0.25, -0.2) is 0 Å². The Hall–Kier alpha value is -2.24. The molecule has 6 heteroatoms. The number of alkyl halides is 3. The quantitative estimate of drug-likeness (QED) is 0.891. The van der Waals surface area contributed by atoms with Crippen LogP contribution < -0.4 is 5.32 Å². The molecule has 18 heavy (non-hydrogen) atoms. The number of nitrogens with one attached hydrogen (secondary N) is 1. The van der Waals surface area contributed by atoms with E-state index in [2.05, 4.69) is 5.32 Å². The molecule has 2 rings (SSSR count). The van der Waals surface area contributed by atoms with E-state index in [1.807, 2.05) is 0 Å². The van der Waals surface area contributed by atoms with E-state index in [1.54, 1.807) is 0 Å². The zero-order chi connectivity index (χ0) is 13.2. The predicted molar refractivity (Wildman–Crippen MR) is 58.1 cm³/mol. The van der Waals surface area contributed by atoms with Crippen LogP contribution in [-0.2, 0) is 6.18 Å². The van der Waals surface area contributed by atoms with Crippen molar-refractivity contribution in [3.8, 4) is 0 Å². The zero-order valence-corrected chi connectivity index (χ0v) is 8.99. The van der Waals surface area contributed by atoms with E-state index < -0.39 is 17.6 Å². The number of anilines is 1. The molecule has 0 bridgehead atoms. The Bertz CT molecular complexity index is 529. The third kappa shape index (κ3) is 2.71. The smallest absolute Gasteiger partial charge is 0.416 e. The lowest BCUT2D eigenvalue weighted by atomic mass is 10.2. The maximum absolute atomic E-state index is 12.3. The van der Waals surface area contributed by atoms with Crippen LogP contribution in [0.5, 0.6) is 0 Å². The maximum Gasteiger partial charge on any atom is 0.416 e. The van der Waals surface area contributed by atoms with Crippen LogP contribution in [0.3, 0.4) is 0 Å². The summed E-state index contributed by atoms with van der Waals surface area (Å²) in [7, 11) is 0. The van der Waals surface area contributed by atoms with Gasteiger partial charge >= 0.3 is 6.18 Å². The van der Waals surface area contributed by atoms with Gasteiger partial charge in [-0.2, -0.15) is 13.2 Å². The van der Waals surface area contributed by atoms with Gasteiger partial charge in [0.2, 0.25) is 0 Å². The van der Waals surface area contributed by atoms with E-state index in [0.29, 0.717) is 5.56 Å². The van der Waals surface area contributed by atoms with E-state index in [9.17, 15) is 18.0 Å². The number of furan rings is 1. The van der Waals surface area contributed by atoms with Gasteiger partial charge in [0.05, 0.1) is 17.4 Å². The van der Waals surface area contributed by atoms with Crippen LogP contribution in [0.25, 0.3) is 0 Å². The molecule has 0 unspecified atom stereocenters. The topological polar surface area (TPSA) is 42.2 Å². The third-order valence-corrected chi connectivity index (χ3v) is 2.25. The van der Waals surface area contributed by atoms with E-state index in [4.69, 9.17) is 4.42 Å². The normalized spacial score (nSPS) is 11.3. The van der Waals surface area contributed by atoms with Crippen LogP contribution in [0.15, 0.2) is 47.3 Å². The monoisotopic (exact) mass is 255 g/mol. The summed E-state index contributed by atoms with van der Waals surface area (Å²) < 4.78 is 41.6. The van der Waals surface area contributed by atoms with Crippen molar-refractivity contribution in [3.05, 3.63) is 54.0 Å². The number of carbonyl (C=O) groups excluding carboxylic acids is 1. The van der Waals surface area contributed by atoms with Gasteiger partial charge in [0.25, 0.3) is 5.91 Å². The molecule has 1 aromatic heterocycles.